The highest BCUT2D eigenvalue weighted by molar-refractivity contribution is 5.71. The minimum atomic E-state index is -4.62. The average molecular weight is 543 g/mol. The Morgan fingerprint density at radius 2 is 1.85 bits per heavy atom. The first kappa shape index (κ1) is 29.9. The van der Waals surface area contributed by atoms with Crippen molar-refractivity contribution in [1.29, 1.82) is 0 Å². The molecule has 0 atom stereocenters. The first-order valence-corrected chi connectivity index (χ1v) is 13.1. The molecule has 1 saturated carbocycles. The second-order valence-corrected chi connectivity index (χ2v) is 9.50. The molecular formula is C30H34F4N4O. The summed E-state index contributed by atoms with van der Waals surface area (Å²) >= 11 is 0. The van der Waals surface area contributed by atoms with E-state index in [0.29, 0.717) is 53.6 Å². The zero-order chi connectivity index (χ0) is 28.9. The molecule has 0 spiro atoms. The third-order valence-electron chi connectivity index (χ3n) is 6.92. The van der Waals surface area contributed by atoms with Crippen molar-refractivity contribution in [3.8, 4) is 0 Å². The van der Waals surface area contributed by atoms with E-state index < -0.39 is 17.3 Å². The molecule has 208 valence electrons. The Kier molecular flexibility index (Phi) is 9.59. The fraction of sp³-hybridized carbons (Fsp3) is 0.400. The van der Waals surface area contributed by atoms with E-state index in [4.69, 9.17) is 0 Å². The summed E-state index contributed by atoms with van der Waals surface area (Å²) in [4.78, 5) is 26.5. The van der Waals surface area contributed by atoms with Crippen molar-refractivity contribution in [2.45, 2.75) is 72.0 Å². The van der Waals surface area contributed by atoms with E-state index in [2.05, 4.69) is 28.1 Å². The molecule has 4 rings (SSSR count). The molecule has 0 radical (unpaired) electrons. The first-order valence-electron chi connectivity index (χ1n) is 13.1. The van der Waals surface area contributed by atoms with E-state index >= 15 is 0 Å². The maximum atomic E-state index is 14.4. The van der Waals surface area contributed by atoms with Crippen molar-refractivity contribution < 1.29 is 17.6 Å². The van der Waals surface area contributed by atoms with Gasteiger partial charge >= 0.3 is 6.18 Å². The predicted octanol–water partition coefficient (Wildman–Crippen LogP) is 7.85. The number of pyridine rings is 2. The van der Waals surface area contributed by atoms with Gasteiger partial charge < -0.3 is 0 Å². The lowest BCUT2D eigenvalue weighted by atomic mass is 9.74. The van der Waals surface area contributed by atoms with Crippen molar-refractivity contribution in [3.05, 3.63) is 99.7 Å². The first-order chi connectivity index (χ1) is 18.5. The van der Waals surface area contributed by atoms with Gasteiger partial charge in [-0.25, -0.2) is 9.37 Å². The van der Waals surface area contributed by atoms with Gasteiger partial charge in [0.05, 0.1) is 23.5 Å². The maximum absolute atomic E-state index is 14.4. The van der Waals surface area contributed by atoms with Crippen LogP contribution in [0.3, 0.4) is 0 Å². The SMILES string of the molecule is C=C/C(F)=C(\C(=C)C)C1CCC(c2cc3ncc(C)nc3n(Cc3ncccc3C(F)(F)F)c2=O)CC1.CC. The van der Waals surface area contributed by atoms with Crippen molar-refractivity contribution in [3.63, 3.8) is 0 Å². The van der Waals surface area contributed by atoms with Crippen LogP contribution in [0.2, 0.25) is 0 Å². The fourth-order valence-electron chi connectivity index (χ4n) is 5.20. The quantitative estimate of drug-likeness (QED) is 0.235. The summed E-state index contributed by atoms with van der Waals surface area (Å²) in [5.41, 5.74) is 1.27. The number of halogens is 4. The predicted molar refractivity (Wildman–Crippen MR) is 146 cm³/mol. The number of hydrogen-bond donors (Lipinski definition) is 0. The lowest BCUT2D eigenvalue weighted by Gasteiger charge is -2.31. The molecule has 0 amide bonds. The number of fused-ring (bicyclic) bond motifs is 1. The number of alkyl halides is 3. The van der Waals surface area contributed by atoms with Crippen LogP contribution in [0, 0.1) is 12.8 Å². The van der Waals surface area contributed by atoms with Gasteiger partial charge in [0.2, 0.25) is 0 Å². The molecule has 0 unspecified atom stereocenters. The number of nitrogens with zero attached hydrogens (tertiary/aromatic N) is 4. The molecular weight excluding hydrogens is 508 g/mol. The Hall–Kier alpha value is -3.62. The molecule has 3 aromatic heterocycles. The summed E-state index contributed by atoms with van der Waals surface area (Å²) in [6.45, 7) is 14.5. The molecule has 9 heteroatoms. The van der Waals surface area contributed by atoms with Gasteiger partial charge in [0, 0.05) is 18.0 Å². The number of hydrogen-bond acceptors (Lipinski definition) is 4. The molecule has 3 aromatic rings. The topological polar surface area (TPSA) is 60.7 Å². The van der Waals surface area contributed by atoms with Crippen molar-refractivity contribution >= 4 is 11.2 Å². The minimum Gasteiger partial charge on any atom is -0.285 e. The summed E-state index contributed by atoms with van der Waals surface area (Å²) in [5.74, 6) is -0.572. The van der Waals surface area contributed by atoms with Gasteiger partial charge in [0.1, 0.15) is 11.3 Å². The lowest BCUT2D eigenvalue weighted by molar-refractivity contribution is -0.138. The van der Waals surface area contributed by atoms with Crippen LogP contribution in [0.5, 0.6) is 0 Å². The van der Waals surface area contributed by atoms with Crippen LogP contribution in [-0.4, -0.2) is 19.5 Å². The second-order valence-electron chi connectivity index (χ2n) is 9.50. The molecule has 0 N–H and O–H groups in total. The van der Waals surface area contributed by atoms with E-state index in [1.807, 2.05) is 13.8 Å². The highest BCUT2D eigenvalue weighted by atomic mass is 19.4. The molecule has 3 heterocycles. The lowest BCUT2D eigenvalue weighted by Crippen LogP contribution is -2.30. The van der Waals surface area contributed by atoms with Crippen LogP contribution in [0.25, 0.3) is 11.2 Å². The largest absolute Gasteiger partial charge is 0.418 e. The van der Waals surface area contributed by atoms with Gasteiger partial charge in [0.25, 0.3) is 5.56 Å². The Bertz CT molecular complexity index is 1450. The summed E-state index contributed by atoms with van der Waals surface area (Å²) < 4.78 is 56.6. The number of aryl methyl sites for hydroxylation is 1. The van der Waals surface area contributed by atoms with Gasteiger partial charge in [-0.3, -0.25) is 19.3 Å². The zero-order valence-corrected chi connectivity index (χ0v) is 22.8. The Labute approximate surface area is 226 Å². The van der Waals surface area contributed by atoms with E-state index in [9.17, 15) is 22.4 Å². The van der Waals surface area contributed by atoms with Crippen LogP contribution in [0.1, 0.15) is 74.9 Å². The van der Waals surface area contributed by atoms with Crippen molar-refractivity contribution in [2.75, 3.05) is 0 Å². The highest BCUT2D eigenvalue weighted by Crippen LogP contribution is 2.41. The van der Waals surface area contributed by atoms with Crippen LogP contribution < -0.4 is 5.56 Å². The normalized spacial score (nSPS) is 18.2. The number of rotatable bonds is 6. The summed E-state index contributed by atoms with van der Waals surface area (Å²) in [7, 11) is 0. The molecule has 39 heavy (non-hydrogen) atoms. The zero-order valence-electron chi connectivity index (χ0n) is 22.8. The van der Waals surface area contributed by atoms with E-state index in [1.54, 1.807) is 26.1 Å². The summed E-state index contributed by atoms with van der Waals surface area (Å²) in [5, 5.41) is 0. The van der Waals surface area contributed by atoms with E-state index in [0.717, 1.165) is 6.07 Å². The second kappa shape index (κ2) is 12.5. The average Bonchev–Trinajstić information content (AvgIpc) is 2.91. The van der Waals surface area contributed by atoms with E-state index in [1.165, 1.54) is 22.9 Å². The number of aromatic nitrogens is 4. The van der Waals surface area contributed by atoms with Gasteiger partial charge in [-0.2, -0.15) is 13.2 Å². The molecule has 0 bridgehead atoms. The smallest absolute Gasteiger partial charge is 0.285 e. The van der Waals surface area contributed by atoms with E-state index in [-0.39, 0.29) is 35.5 Å². The Balaban J connectivity index is 0.00000205. The van der Waals surface area contributed by atoms with Crippen LogP contribution in [0.4, 0.5) is 17.6 Å². The monoisotopic (exact) mass is 542 g/mol. The van der Waals surface area contributed by atoms with Gasteiger partial charge in [0.15, 0.2) is 5.65 Å². The van der Waals surface area contributed by atoms with Crippen LogP contribution in [0.15, 0.2) is 71.6 Å². The maximum Gasteiger partial charge on any atom is 0.418 e. The molecule has 1 aliphatic rings. The Morgan fingerprint density at radius 1 is 1.18 bits per heavy atom. The standard InChI is InChI=1S/C28H28F4N4O.C2H6/c1-5-22(29)25(16(2)3)19-10-8-18(9-11-19)20-13-23-26(35-17(4)14-34-23)36(27(20)37)15-24-21(28(30,31)32)7-6-12-33-24;1-2/h5-7,12-14,18-19H,1-2,8-11,15H2,3-4H3;1-2H3/b25-22-;. The molecule has 1 fully saturated rings. The van der Waals surface area contributed by atoms with Crippen LogP contribution in [-0.2, 0) is 12.7 Å². The van der Waals surface area contributed by atoms with Gasteiger partial charge in [-0.1, -0.05) is 32.6 Å². The molecule has 1 aliphatic carbocycles. The van der Waals surface area contributed by atoms with Crippen molar-refractivity contribution in [2.24, 2.45) is 5.92 Å². The minimum absolute atomic E-state index is 0.0419. The third kappa shape index (κ3) is 6.52. The number of allylic oxidation sites excluding steroid dienone is 4. The molecule has 0 saturated heterocycles. The van der Waals surface area contributed by atoms with Gasteiger partial charge in [-0.05, 0) is 81.2 Å². The molecule has 5 nitrogen and oxygen atoms in total. The third-order valence-corrected chi connectivity index (χ3v) is 6.92. The van der Waals surface area contributed by atoms with Crippen LogP contribution >= 0.6 is 0 Å². The fourth-order valence-corrected chi connectivity index (χ4v) is 5.20. The highest BCUT2D eigenvalue weighted by Gasteiger charge is 2.34. The molecule has 0 aliphatic heterocycles. The molecule has 0 aromatic carbocycles. The van der Waals surface area contributed by atoms with Crippen molar-refractivity contribution in [1.82, 2.24) is 19.5 Å². The Morgan fingerprint density at radius 3 is 2.44 bits per heavy atom. The van der Waals surface area contributed by atoms with Gasteiger partial charge in [-0.15, -0.1) is 0 Å². The summed E-state index contributed by atoms with van der Waals surface area (Å²) in [6.07, 6.45) is 1.91. The summed E-state index contributed by atoms with van der Waals surface area (Å²) in [6, 6.07) is 3.86.